The van der Waals surface area contributed by atoms with Gasteiger partial charge in [-0.15, -0.1) is 0 Å². The highest BCUT2D eigenvalue weighted by Crippen LogP contribution is 2.31. The molecule has 1 aliphatic carbocycles. The highest BCUT2D eigenvalue weighted by atomic mass is 16.5. The third-order valence-electron chi connectivity index (χ3n) is 7.29. The first-order chi connectivity index (χ1) is 19.5. The Balaban J connectivity index is 1.15. The van der Waals surface area contributed by atoms with Crippen LogP contribution in [0.5, 0.6) is 11.5 Å². The minimum absolute atomic E-state index is 0.124. The molecule has 1 saturated carbocycles. The van der Waals surface area contributed by atoms with Crippen LogP contribution in [0.3, 0.4) is 0 Å². The number of piperidine rings is 1. The van der Waals surface area contributed by atoms with E-state index in [1.807, 2.05) is 25.1 Å². The molecule has 10 heteroatoms. The minimum Gasteiger partial charge on any atom is -0.497 e. The standard InChI is InChI=1S/C30H36N6O4/c1-3-31-28(37)23-6-4-5-22(13-23)27-33-19-34-30(35-27)36-11-9-20(10-12-36)17-32-29(38)24-14-25(39-2)16-26(15-24)40-18-21-7-8-21/h4-6,13-16,19-21H,3,7-12,17-18H2,1-2H3,(H,31,37)(H,32,38). The Morgan fingerprint density at radius 1 is 0.925 bits per heavy atom. The van der Waals surface area contributed by atoms with E-state index < -0.39 is 0 Å². The van der Waals surface area contributed by atoms with Gasteiger partial charge in [0.15, 0.2) is 5.82 Å². The topological polar surface area (TPSA) is 119 Å². The van der Waals surface area contributed by atoms with E-state index in [-0.39, 0.29) is 11.8 Å². The van der Waals surface area contributed by atoms with Crippen LogP contribution in [0.25, 0.3) is 11.4 Å². The van der Waals surface area contributed by atoms with E-state index in [0.29, 0.717) is 65.9 Å². The van der Waals surface area contributed by atoms with Gasteiger partial charge in [-0.1, -0.05) is 12.1 Å². The Morgan fingerprint density at radius 2 is 1.70 bits per heavy atom. The van der Waals surface area contributed by atoms with Crippen LogP contribution in [0.15, 0.2) is 48.8 Å². The molecule has 1 aromatic heterocycles. The number of aromatic nitrogens is 3. The monoisotopic (exact) mass is 544 g/mol. The molecule has 2 fully saturated rings. The van der Waals surface area contributed by atoms with Gasteiger partial charge in [-0.25, -0.2) is 9.97 Å². The van der Waals surface area contributed by atoms with Gasteiger partial charge in [-0.05, 0) is 68.7 Å². The Kier molecular flexibility index (Phi) is 8.73. The van der Waals surface area contributed by atoms with E-state index in [1.54, 1.807) is 31.4 Å². The summed E-state index contributed by atoms with van der Waals surface area (Å²) in [6, 6.07) is 12.6. The summed E-state index contributed by atoms with van der Waals surface area (Å²) in [7, 11) is 1.59. The van der Waals surface area contributed by atoms with E-state index in [9.17, 15) is 9.59 Å². The maximum absolute atomic E-state index is 12.9. The van der Waals surface area contributed by atoms with Crippen molar-refractivity contribution >= 4 is 17.8 Å². The summed E-state index contributed by atoms with van der Waals surface area (Å²) in [5.74, 6) is 3.15. The highest BCUT2D eigenvalue weighted by Gasteiger charge is 2.24. The fourth-order valence-electron chi connectivity index (χ4n) is 4.72. The second-order valence-corrected chi connectivity index (χ2v) is 10.3. The zero-order valence-electron chi connectivity index (χ0n) is 23.1. The number of benzene rings is 2. The molecular formula is C30H36N6O4. The van der Waals surface area contributed by atoms with Crippen LogP contribution in [0.2, 0.25) is 0 Å². The van der Waals surface area contributed by atoms with Crippen LogP contribution in [-0.4, -0.2) is 66.7 Å². The molecule has 1 aliphatic heterocycles. The largest absolute Gasteiger partial charge is 0.497 e. The Morgan fingerprint density at radius 3 is 2.45 bits per heavy atom. The van der Waals surface area contributed by atoms with Gasteiger partial charge in [-0.2, -0.15) is 4.98 Å². The van der Waals surface area contributed by atoms with Crippen molar-refractivity contribution in [3.05, 3.63) is 59.9 Å². The SMILES string of the molecule is CCNC(=O)c1cccc(-c2ncnc(N3CCC(CNC(=O)c4cc(OC)cc(OCC5CC5)c4)CC3)n2)c1. The van der Waals surface area contributed by atoms with Crippen molar-refractivity contribution in [3.8, 4) is 22.9 Å². The molecule has 40 heavy (non-hydrogen) atoms. The van der Waals surface area contributed by atoms with E-state index in [4.69, 9.17) is 9.47 Å². The van der Waals surface area contributed by atoms with Crippen LogP contribution >= 0.6 is 0 Å². The second-order valence-electron chi connectivity index (χ2n) is 10.3. The number of carbonyl (C=O) groups excluding carboxylic acids is 2. The molecule has 1 saturated heterocycles. The van der Waals surface area contributed by atoms with Gasteiger partial charge >= 0.3 is 0 Å². The number of anilines is 1. The predicted molar refractivity (Wildman–Crippen MR) is 152 cm³/mol. The van der Waals surface area contributed by atoms with Gasteiger partial charge in [0.25, 0.3) is 11.8 Å². The highest BCUT2D eigenvalue weighted by molar-refractivity contribution is 5.95. The summed E-state index contributed by atoms with van der Waals surface area (Å²) in [4.78, 5) is 40.7. The summed E-state index contributed by atoms with van der Waals surface area (Å²) in [5.41, 5.74) is 1.88. The third kappa shape index (κ3) is 7.05. The first-order valence-corrected chi connectivity index (χ1v) is 13.9. The Bertz CT molecular complexity index is 1340. The van der Waals surface area contributed by atoms with Crippen LogP contribution in [0.4, 0.5) is 5.95 Å². The zero-order valence-corrected chi connectivity index (χ0v) is 23.1. The van der Waals surface area contributed by atoms with Gasteiger partial charge in [-0.3, -0.25) is 9.59 Å². The van der Waals surface area contributed by atoms with E-state index in [0.717, 1.165) is 31.5 Å². The summed E-state index contributed by atoms with van der Waals surface area (Å²) >= 11 is 0. The molecule has 2 aliphatic rings. The Labute approximate surface area is 234 Å². The average molecular weight is 545 g/mol. The van der Waals surface area contributed by atoms with Gasteiger partial charge in [0.1, 0.15) is 17.8 Å². The first-order valence-electron chi connectivity index (χ1n) is 13.9. The molecule has 0 atom stereocenters. The van der Waals surface area contributed by atoms with Crippen molar-refractivity contribution in [3.63, 3.8) is 0 Å². The molecule has 0 bridgehead atoms. The first kappa shape index (κ1) is 27.4. The molecule has 2 heterocycles. The van der Waals surface area contributed by atoms with Crippen LogP contribution in [-0.2, 0) is 0 Å². The number of carbonyl (C=O) groups is 2. The quantitative estimate of drug-likeness (QED) is 0.375. The number of rotatable bonds is 11. The lowest BCUT2D eigenvalue weighted by Gasteiger charge is -2.32. The number of nitrogens with zero attached hydrogens (tertiary/aromatic N) is 4. The summed E-state index contributed by atoms with van der Waals surface area (Å²) in [6.45, 7) is 5.28. The average Bonchev–Trinajstić information content (AvgIpc) is 3.84. The number of methoxy groups -OCH3 is 1. The smallest absolute Gasteiger partial charge is 0.251 e. The molecule has 2 N–H and O–H groups in total. The number of hydrogen-bond acceptors (Lipinski definition) is 8. The van der Waals surface area contributed by atoms with E-state index >= 15 is 0 Å². The normalized spacial score (nSPS) is 15.4. The van der Waals surface area contributed by atoms with Crippen LogP contribution < -0.4 is 25.0 Å². The minimum atomic E-state index is -0.130. The van der Waals surface area contributed by atoms with Crippen molar-refractivity contribution in [2.75, 3.05) is 44.8 Å². The molecule has 10 nitrogen and oxygen atoms in total. The van der Waals surface area contributed by atoms with Crippen molar-refractivity contribution in [2.24, 2.45) is 11.8 Å². The summed E-state index contributed by atoms with van der Waals surface area (Å²) in [5, 5.41) is 5.91. The lowest BCUT2D eigenvalue weighted by molar-refractivity contribution is 0.0940. The van der Waals surface area contributed by atoms with Gasteiger partial charge in [0.05, 0.1) is 13.7 Å². The number of amides is 2. The van der Waals surface area contributed by atoms with Crippen LogP contribution in [0, 0.1) is 11.8 Å². The van der Waals surface area contributed by atoms with Crippen molar-refractivity contribution in [1.29, 1.82) is 0 Å². The molecule has 0 spiro atoms. The van der Waals surface area contributed by atoms with Gasteiger partial charge in [0, 0.05) is 48.9 Å². The van der Waals surface area contributed by atoms with Crippen molar-refractivity contribution in [2.45, 2.75) is 32.6 Å². The maximum atomic E-state index is 12.9. The molecule has 2 amide bonds. The number of nitrogens with one attached hydrogen (secondary N) is 2. The Hall–Kier alpha value is -4.21. The third-order valence-corrected chi connectivity index (χ3v) is 7.29. The number of hydrogen-bond donors (Lipinski definition) is 2. The molecule has 210 valence electrons. The summed E-state index contributed by atoms with van der Waals surface area (Å²) in [6.07, 6.45) is 5.73. The fourth-order valence-corrected chi connectivity index (χ4v) is 4.72. The molecule has 0 unspecified atom stereocenters. The molecule has 3 aromatic rings. The van der Waals surface area contributed by atoms with Gasteiger partial charge < -0.3 is 25.0 Å². The van der Waals surface area contributed by atoms with E-state index in [1.165, 1.54) is 19.2 Å². The van der Waals surface area contributed by atoms with Crippen LogP contribution in [0.1, 0.15) is 53.3 Å². The molecule has 5 rings (SSSR count). The second kappa shape index (κ2) is 12.8. The summed E-state index contributed by atoms with van der Waals surface area (Å²) < 4.78 is 11.3. The molecule has 2 aromatic carbocycles. The predicted octanol–water partition coefficient (Wildman–Crippen LogP) is 3.73. The fraction of sp³-hybridized carbons (Fsp3) is 0.433. The maximum Gasteiger partial charge on any atom is 0.251 e. The molecular weight excluding hydrogens is 508 g/mol. The zero-order chi connectivity index (χ0) is 27.9. The van der Waals surface area contributed by atoms with Crippen molar-refractivity contribution < 1.29 is 19.1 Å². The van der Waals surface area contributed by atoms with E-state index in [2.05, 4.69) is 30.5 Å². The lowest BCUT2D eigenvalue weighted by atomic mass is 9.97. The lowest BCUT2D eigenvalue weighted by Crippen LogP contribution is -2.39. The molecule has 0 radical (unpaired) electrons. The van der Waals surface area contributed by atoms with Crippen molar-refractivity contribution in [1.82, 2.24) is 25.6 Å². The van der Waals surface area contributed by atoms with Gasteiger partial charge in [0.2, 0.25) is 5.95 Å². The number of ether oxygens (including phenoxy) is 2.